The van der Waals surface area contributed by atoms with E-state index in [1.165, 1.54) is 13.0 Å². The SMILES string of the molecule is Cc1c(Cl)c(C(F)(F)F)nn1CCCNC(=O)c1cccc(COc2ccc(F)cc2F)c1. The van der Waals surface area contributed by atoms with Crippen LogP contribution >= 0.6 is 11.6 Å². The molecule has 11 heteroatoms. The van der Waals surface area contributed by atoms with E-state index in [9.17, 15) is 26.7 Å². The van der Waals surface area contributed by atoms with E-state index in [-0.39, 0.29) is 31.1 Å². The van der Waals surface area contributed by atoms with Crippen molar-refractivity contribution in [3.8, 4) is 5.75 Å². The number of hydrogen-bond donors (Lipinski definition) is 1. The highest BCUT2D eigenvalue weighted by Crippen LogP contribution is 2.35. The molecule has 0 aliphatic rings. The van der Waals surface area contributed by atoms with Crippen LogP contribution in [0.3, 0.4) is 0 Å². The summed E-state index contributed by atoms with van der Waals surface area (Å²) < 4.78 is 71.8. The number of alkyl halides is 3. The number of aromatic nitrogens is 2. The highest BCUT2D eigenvalue weighted by atomic mass is 35.5. The summed E-state index contributed by atoms with van der Waals surface area (Å²) in [6.45, 7) is 1.73. The van der Waals surface area contributed by atoms with Crippen LogP contribution in [-0.2, 0) is 19.3 Å². The van der Waals surface area contributed by atoms with Crippen LogP contribution in [0.4, 0.5) is 22.0 Å². The van der Waals surface area contributed by atoms with Gasteiger partial charge >= 0.3 is 6.18 Å². The van der Waals surface area contributed by atoms with Gasteiger partial charge in [-0.15, -0.1) is 0 Å². The molecule has 0 spiro atoms. The first-order valence-electron chi connectivity index (χ1n) is 9.81. The molecule has 0 bridgehead atoms. The van der Waals surface area contributed by atoms with Gasteiger partial charge in [0, 0.05) is 24.7 Å². The molecule has 2 aromatic carbocycles. The van der Waals surface area contributed by atoms with E-state index in [1.807, 2.05) is 0 Å². The minimum atomic E-state index is -4.64. The number of halogens is 6. The fraction of sp³-hybridized carbons (Fsp3) is 0.273. The van der Waals surface area contributed by atoms with Crippen LogP contribution in [0, 0.1) is 18.6 Å². The Labute approximate surface area is 191 Å². The van der Waals surface area contributed by atoms with E-state index in [0.717, 1.165) is 10.7 Å². The van der Waals surface area contributed by atoms with Crippen LogP contribution < -0.4 is 10.1 Å². The van der Waals surface area contributed by atoms with Gasteiger partial charge < -0.3 is 10.1 Å². The number of amides is 1. The van der Waals surface area contributed by atoms with E-state index in [4.69, 9.17) is 16.3 Å². The van der Waals surface area contributed by atoms with Crippen molar-refractivity contribution in [1.29, 1.82) is 0 Å². The molecule has 0 radical (unpaired) electrons. The second kappa shape index (κ2) is 10.2. The first-order valence-corrected chi connectivity index (χ1v) is 10.2. The highest BCUT2D eigenvalue weighted by Gasteiger charge is 2.38. The van der Waals surface area contributed by atoms with Gasteiger partial charge in [0.05, 0.1) is 10.7 Å². The van der Waals surface area contributed by atoms with Gasteiger partial charge in [0.2, 0.25) is 0 Å². The van der Waals surface area contributed by atoms with Gasteiger partial charge in [-0.25, -0.2) is 8.78 Å². The van der Waals surface area contributed by atoms with Crippen molar-refractivity contribution in [3.05, 3.63) is 81.6 Å². The molecule has 3 aromatic rings. The fourth-order valence-corrected chi connectivity index (χ4v) is 3.25. The van der Waals surface area contributed by atoms with Crippen molar-refractivity contribution in [2.75, 3.05) is 6.54 Å². The molecule has 1 amide bonds. The summed E-state index contributed by atoms with van der Waals surface area (Å²) in [6, 6.07) is 9.40. The number of ether oxygens (including phenoxy) is 1. The van der Waals surface area contributed by atoms with Gasteiger partial charge in [-0.3, -0.25) is 9.48 Å². The van der Waals surface area contributed by atoms with Crippen molar-refractivity contribution in [2.45, 2.75) is 32.7 Å². The predicted octanol–water partition coefficient (Wildman–Crippen LogP) is 5.54. The molecule has 0 saturated carbocycles. The van der Waals surface area contributed by atoms with Crippen LogP contribution in [0.1, 0.15) is 33.7 Å². The summed E-state index contributed by atoms with van der Waals surface area (Å²) in [5.74, 6) is -2.06. The molecule has 1 heterocycles. The van der Waals surface area contributed by atoms with E-state index in [2.05, 4.69) is 10.4 Å². The Bertz CT molecular complexity index is 1150. The maximum atomic E-state index is 13.7. The standard InChI is InChI=1S/C22H19ClF5N3O2/c1-13-19(23)20(22(26,27)28)30-31(13)9-3-8-29-21(32)15-5-2-4-14(10-15)12-33-18-7-6-16(24)11-17(18)25/h2,4-7,10-11H,3,8-9,12H2,1H3,(H,29,32). The minimum absolute atomic E-state index is 0.0372. The molecule has 3 rings (SSSR count). The maximum absolute atomic E-state index is 13.7. The predicted molar refractivity (Wildman–Crippen MR) is 111 cm³/mol. The highest BCUT2D eigenvalue weighted by molar-refractivity contribution is 6.31. The first kappa shape index (κ1) is 24.5. The Morgan fingerprint density at radius 3 is 2.61 bits per heavy atom. The van der Waals surface area contributed by atoms with Crippen LogP contribution in [0.5, 0.6) is 5.75 Å². The molecule has 0 aliphatic carbocycles. The topological polar surface area (TPSA) is 56.2 Å². The molecule has 0 unspecified atom stereocenters. The number of carbonyl (C=O) groups excluding carboxylic acids is 1. The molecule has 1 N–H and O–H groups in total. The second-order valence-corrected chi connectivity index (χ2v) is 7.52. The summed E-state index contributed by atoms with van der Waals surface area (Å²) in [5, 5.41) is 5.75. The molecule has 0 fully saturated rings. The third kappa shape index (κ3) is 6.22. The van der Waals surface area contributed by atoms with Gasteiger partial charge in [-0.05, 0) is 43.2 Å². The Morgan fingerprint density at radius 2 is 1.94 bits per heavy atom. The lowest BCUT2D eigenvalue weighted by Crippen LogP contribution is -2.25. The smallest absolute Gasteiger partial charge is 0.436 e. The Balaban J connectivity index is 1.52. The van der Waals surface area contributed by atoms with Crippen molar-refractivity contribution in [3.63, 3.8) is 0 Å². The quantitative estimate of drug-likeness (QED) is 0.335. The molecule has 0 aliphatic heterocycles. The number of rotatable bonds is 8. The fourth-order valence-electron chi connectivity index (χ4n) is 3.01. The number of nitrogens with one attached hydrogen (secondary N) is 1. The van der Waals surface area contributed by atoms with Crippen molar-refractivity contribution in [1.82, 2.24) is 15.1 Å². The first-order chi connectivity index (χ1) is 15.6. The van der Waals surface area contributed by atoms with Crippen LogP contribution in [0.25, 0.3) is 0 Å². The third-order valence-electron chi connectivity index (χ3n) is 4.71. The maximum Gasteiger partial charge on any atom is 0.436 e. The van der Waals surface area contributed by atoms with E-state index < -0.39 is 34.4 Å². The average molecular weight is 488 g/mol. The van der Waals surface area contributed by atoms with E-state index in [0.29, 0.717) is 23.6 Å². The molecule has 5 nitrogen and oxygen atoms in total. The average Bonchev–Trinajstić information content (AvgIpc) is 3.05. The summed E-state index contributed by atoms with van der Waals surface area (Å²) >= 11 is 5.72. The normalized spacial score (nSPS) is 11.5. The van der Waals surface area contributed by atoms with Crippen LogP contribution in [0.15, 0.2) is 42.5 Å². The van der Waals surface area contributed by atoms with Crippen LogP contribution in [0.2, 0.25) is 5.02 Å². The molecular formula is C22H19ClF5N3O2. The van der Waals surface area contributed by atoms with Crippen molar-refractivity contribution < 1.29 is 31.5 Å². The number of nitrogens with zero attached hydrogens (tertiary/aromatic N) is 2. The zero-order valence-electron chi connectivity index (χ0n) is 17.3. The second-order valence-electron chi connectivity index (χ2n) is 7.14. The lowest BCUT2D eigenvalue weighted by atomic mass is 10.1. The number of benzene rings is 2. The number of carbonyl (C=O) groups is 1. The lowest BCUT2D eigenvalue weighted by Gasteiger charge is -2.10. The molecule has 176 valence electrons. The van der Waals surface area contributed by atoms with Crippen LogP contribution in [-0.4, -0.2) is 22.2 Å². The van der Waals surface area contributed by atoms with E-state index in [1.54, 1.807) is 24.3 Å². The van der Waals surface area contributed by atoms with Crippen molar-refractivity contribution in [2.24, 2.45) is 0 Å². The molecule has 0 atom stereocenters. The zero-order valence-corrected chi connectivity index (χ0v) is 18.1. The third-order valence-corrected chi connectivity index (χ3v) is 5.16. The largest absolute Gasteiger partial charge is 0.486 e. The van der Waals surface area contributed by atoms with E-state index >= 15 is 0 Å². The Kier molecular flexibility index (Phi) is 7.57. The number of hydrogen-bond acceptors (Lipinski definition) is 3. The minimum Gasteiger partial charge on any atom is -0.486 e. The molecule has 33 heavy (non-hydrogen) atoms. The molecule has 1 aromatic heterocycles. The summed E-state index contributed by atoms with van der Waals surface area (Å²) in [6.07, 6.45) is -4.31. The van der Waals surface area contributed by atoms with Gasteiger partial charge in [-0.2, -0.15) is 18.3 Å². The molecule has 0 saturated heterocycles. The molecular weight excluding hydrogens is 469 g/mol. The van der Waals surface area contributed by atoms with Crippen molar-refractivity contribution >= 4 is 17.5 Å². The van der Waals surface area contributed by atoms with Gasteiger partial charge in [0.1, 0.15) is 12.4 Å². The Morgan fingerprint density at radius 1 is 1.18 bits per heavy atom. The van der Waals surface area contributed by atoms with Gasteiger partial charge in [0.15, 0.2) is 17.3 Å². The summed E-state index contributed by atoms with van der Waals surface area (Å²) in [7, 11) is 0. The summed E-state index contributed by atoms with van der Waals surface area (Å²) in [4.78, 5) is 12.4. The van der Waals surface area contributed by atoms with Gasteiger partial charge in [-0.1, -0.05) is 23.7 Å². The summed E-state index contributed by atoms with van der Waals surface area (Å²) in [5.41, 5.74) is -0.0212. The zero-order chi connectivity index (χ0) is 24.2. The van der Waals surface area contributed by atoms with Gasteiger partial charge in [0.25, 0.3) is 5.91 Å². The number of aryl methyl sites for hydroxylation is 1. The Hall–Kier alpha value is -3.14. The monoisotopic (exact) mass is 487 g/mol. The lowest BCUT2D eigenvalue weighted by molar-refractivity contribution is -0.141.